The Balaban J connectivity index is 1.51. The molecule has 2 aliphatic rings. The lowest BCUT2D eigenvalue weighted by molar-refractivity contribution is -0.126. The maximum atomic E-state index is 12.8. The van der Waals surface area contributed by atoms with Crippen LogP contribution in [0, 0.1) is 11.8 Å². The fraction of sp³-hybridized carbons (Fsp3) is 0.682. The highest BCUT2D eigenvalue weighted by atomic mass is 35.5. The molecule has 2 aliphatic heterocycles. The van der Waals surface area contributed by atoms with Gasteiger partial charge in [-0.25, -0.2) is 8.42 Å². The first kappa shape index (κ1) is 23.5. The van der Waals surface area contributed by atoms with E-state index in [0.29, 0.717) is 43.4 Å². The molecule has 0 saturated carbocycles. The highest BCUT2D eigenvalue weighted by Crippen LogP contribution is 2.26. The molecule has 30 heavy (non-hydrogen) atoms. The Morgan fingerprint density at radius 3 is 2.37 bits per heavy atom. The van der Waals surface area contributed by atoms with Crippen molar-refractivity contribution in [3.63, 3.8) is 0 Å². The molecule has 1 atom stereocenters. The van der Waals surface area contributed by atoms with Crippen molar-refractivity contribution < 1.29 is 13.2 Å². The van der Waals surface area contributed by atoms with E-state index in [1.807, 2.05) is 0 Å². The largest absolute Gasteiger partial charge is 0.354 e. The number of benzene rings is 1. The number of piperidine rings is 2. The number of halogens is 1. The Bertz CT molecular complexity index is 834. The first-order chi connectivity index (χ1) is 14.1. The lowest BCUT2D eigenvalue weighted by Crippen LogP contribution is -2.55. The second-order valence-corrected chi connectivity index (χ2v) is 11.7. The molecule has 1 aromatic carbocycles. The molecular weight excluding hydrogens is 422 g/mol. The van der Waals surface area contributed by atoms with Crippen LogP contribution in [0.5, 0.6) is 0 Å². The zero-order valence-corrected chi connectivity index (χ0v) is 19.8. The van der Waals surface area contributed by atoms with Gasteiger partial charge in [-0.2, -0.15) is 4.31 Å². The number of carbonyl (C=O) groups excluding carboxylic acids is 1. The topological polar surface area (TPSA) is 69.7 Å². The predicted octanol–water partition coefficient (Wildman–Crippen LogP) is 3.37. The van der Waals surface area contributed by atoms with Gasteiger partial charge in [0.2, 0.25) is 15.9 Å². The summed E-state index contributed by atoms with van der Waals surface area (Å²) in [5.74, 6) is 0.593. The number of rotatable bonds is 6. The fourth-order valence-electron chi connectivity index (χ4n) is 4.41. The van der Waals surface area contributed by atoms with Crippen LogP contribution in [0.15, 0.2) is 29.2 Å². The van der Waals surface area contributed by atoms with Gasteiger partial charge in [-0.1, -0.05) is 18.5 Å². The molecule has 2 heterocycles. The Morgan fingerprint density at radius 2 is 1.77 bits per heavy atom. The van der Waals surface area contributed by atoms with E-state index in [1.165, 1.54) is 29.3 Å². The Hall–Kier alpha value is -1.15. The minimum Gasteiger partial charge on any atom is -0.354 e. The Kier molecular flexibility index (Phi) is 7.49. The van der Waals surface area contributed by atoms with Crippen LogP contribution in [0.1, 0.15) is 46.5 Å². The van der Waals surface area contributed by atoms with Crippen molar-refractivity contribution in [3.8, 4) is 0 Å². The molecule has 1 amide bonds. The summed E-state index contributed by atoms with van der Waals surface area (Å²) in [5.41, 5.74) is -0.0804. The highest BCUT2D eigenvalue weighted by molar-refractivity contribution is 7.89. The normalized spacial score (nSPS) is 22.7. The molecule has 0 aromatic heterocycles. The number of carbonyl (C=O) groups is 1. The van der Waals surface area contributed by atoms with E-state index in [4.69, 9.17) is 11.6 Å². The van der Waals surface area contributed by atoms with E-state index < -0.39 is 10.0 Å². The summed E-state index contributed by atoms with van der Waals surface area (Å²) in [5, 5.41) is 3.64. The smallest absolute Gasteiger partial charge is 0.243 e. The van der Waals surface area contributed by atoms with Crippen LogP contribution in [0.25, 0.3) is 0 Å². The molecule has 168 valence electrons. The van der Waals surface area contributed by atoms with Gasteiger partial charge in [0.15, 0.2) is 0 Å². The van der Waals surface area contributed by atoms with Crippen LogP contribution in [-0.4, -0.2) is 61.8 Å². The standard InChI is InChI=1S/C22H34ClN3O3S/c1-17-5-4-12-25(15-17)22(2,3)16-24-21(27)18-10-13-26(14-11-18)30(28,29)20-8-6-19(23)7-9-20/h6-9,17-18H,4-5,10-16H2,1-3H3,(H,24,27). The Labute approximate surface area is 186 Å². The van der Waals surface area contributed by atoms with Crippen molar-refractivity contribution in [1.82, 2.24) is 14.5 Å². The van der Waals surface area contributed by atoms with E-state index in [9.17, 15) is 13.2 Å². The van der Waals surface area contributed by atoms with Crippen LogP contribution in [0.2, 0.25) is 5.02 Å². The molecule has 0 radical (unpaired) electrons. The molecule has 1 N–H and O–H groups in total. The first-order valence-electron chi connectivity index (χ1n) is 10.9. The quantitative estimate of drug-likeness (QED) is 0.714. The average Bonchev–Trinajstić information content (AvgIpc) is 2.72. The molecule has 0 spiro atoms. The molecule has 6 nitrogen and oxygen atoms in total. The number of nitrogens with zero attached hydrogens (tertiary/aromatic N) is 2. The number of hydrogen-bond acceptors (Lipinski definition) is 4. The van der Waals surface area contributed by atoms with Crippen LogP contribution in [-0.2, 0) is 14.8 Å². The first-order valence-corrected chi connectivity index (χ1v) is 12.7. The van der Waals surface area contributed by atoms with Gasteiger partial charge >= 0.3 is 0 Å². The lowest BCUT2D eigenvalue weighted by atomic mass is 9.93. The molecule has 2 saturated heterocycles. The number of sulfonamides is 1. The van der Waals surface area contributed by atoms with Crippen molar-refractivity contribution in [2.24, 2.45) is 11.8 Å². The summed E-state index contributed by atoms with van der Waals surface area (Å²) in [6, 6.07) is 6.22. The summed E-state index contributed by atoms with van der Waals surface area (Å²) in [7, 11) is -3.55. The van der Waals surface area contributed by atoms with Crippen LogP contribution >= 0.6 is 11.6 Å². The van der Waals surface area contributed by atoms with Gasteiger partial charge in [0.1, 0.15) is 0 Å². The average molecular weight is 456 g/mol. The van der Waals surface area contributed by atoms with Crippen molar-refractivity contribution in [2.45, 2.75) is 56.9 Å². The SMILES string of the molecule is CC1CCCN(C(C)(C)CNC(=O)C2CCN(S(=O)(=O)c3ccc(Cl)cc3)CC2)C1. The maximum absolute atomic E-state index is 12.8. The molecule has 0 bridgehead atoms. The zero-order chi connectivity index (χ0) is 21.9. The maximum Gasteiger partial charge on any atom is 0.243 e. The molecule has 0 aliphatic carbocycles. The summed E-state index contributed by atoms with van der Waals surface area (Å²) in [6.07, 6.45) is 3.56. The van der Waals surface area contributed by atoms with Crippen LogP contribution in [0.3, 0.4) is 0 Å². The van der Waals surface area contributed by atoms with Gasteiger partial charge in [-0.3, -0.25) is 9.69 Å². The monoisotopic (exact) mass is 455 g/mol. The summed E-state index contributed by atoms with van der Waals surface area (Å²) >= 11 is 5.86. The minimum atomic E-state index is -3.55. The summed E-state index contributed by atoms with van der Waals surface area (Å²) < 4.78 is 27.1. The third-order valence-corrected chi connectivity index (χ3v) is 8.65. The molecule has 8 heteroatoms. The van der Waals surface area contributed by atoms with E-state index in [1.54, 1.807) is 12.1 Å². The Morgan fingerprint density at radius 1 is 1.13 bits per heavy atom. The van der Waals surface area contributed by atoms with E-state index >= 15 is 0 Å². The lowest BCUT2D eigenvalue weighted by Gasteiger charge is -2.43. The van der Waals surface area contributed by atoms with Gasteiger partial charge in [0.25, 0.3) is 0 Å². The van der Waals surface area contributed by atoms with E-state index in [2.05, 4.69) is 31.0 Å². The van der Waals surface area contributed by atoms with Crippen LogP contribution < -0.4 is 5.32 Å². The number of nitrogens with one attached hydrogen (secondary N) is 1. The van der Waals surface area contributed by atoms with Gasteiger partial charge in [-0.15, -0.1) is 0 Å². The third-order valence-electron chi connectivity index (χ3n) is 6.48. The van der Waals surface area contributed by atoms with Gasteiger partial charge < -0.3 is 5.32 Å². The van der Waals surface area contributed by atoms with Crippen molar-refractivity contribution in [3.05, 3.63) is 29.3 Å². The molecule has 1 unspecified atom stereocenters. The van der Waals surface area contributed by atoms with Crippen molar-refractivity contribution in [1.29, 1.82) is 0 Å². The predicted molar refractivity (Wildman–Crippen MR) is 120 cm³/mol. The van der Waals surface area contributed by atoms with Gasteiger partial charge in [0.05, 0.1) is 4.90 Å². The molecule has 2 fully saturated rings. The van der Waals surface area contributed by atoms with Crippen molar-refractivity contribution >= 4 is 27.5 Å². The molecular formula is C22H34ClN3O3S. The fourth-order valence-corrected chi connectivity index (χ4v) is 6.01. The number of likely N-dealkylation sites (tertiary alicyclic amines) is 1. The summed E-state index contributed by atoms with van der Waals surface area (Å²) in [6.45, 7) is 10.1. The molecule has 3 rings (SSSR count). The van der Waals surface area contributed by atoms with Gasteiger partial charge in [-0.05, 0) is 76.3 Å². The zero-order valence-electron chi connectivity index (χ0n) is 18.2. The number of hydrogen-bond donors (Lipinski definition) is 1. The van der Waals surface area contributed by atoms with E-state index in [0.717, 1.165) is 13.1 Å². The minimum absolute atomic E-state index is 0.0386. The van der Waals surface area contributed by atoms with E-state index in [-0.39, 0.29) is 22.3 Å². The number of amides is 1. The molecule has 1 aromatic rings. The van der Waals surface area contributed by atoms with Crippen molar-refractivity contribution in [2.75, 3.05) is 32.7 Å². The van der Waals surface area contributed by atoms with Crippen LogP contribution in [0.4, 0.5) is 0 Å². The second-order valence-electron chi connectivity index (χ2n) is 9.36. The second kappa shape index (κ2) is 9.55. The third kappa shape index (κ3) is 5.55. The highest BCUT2D eigenvalue weighted by Gasteiger charge is 2.34. The van der Waals surface area contributed by atoms with Gasteiger partial charge in [0, 0.05) is 42.7 Å². The summed E-state index contributed by atoms with van der Waals surface area (Å²) in [4.78, 5) is 15.5.